The Morgan fingerprint density at radius 1 is 1.00 bits per heavy atom. The van der Waals surface area contributed by atoms with Crippen molar-refractivity contribution in [1.29, 1.82) is 0 Å². The number of hydrogen-bond donors (Lipinski definition) is 1. The lowest BCUT2D eigenvalue weighted by atomic mass is 9.82. The molecule has 0 aromatic heterocycles. The molecule has 1 fully saturated rings. The molecule has 1 nitrogen and oxygen atoms in total. The molecule has 0 aliphatic heterocycles. The molecule has 76 valence electrons. The van der Waals surface area contributed by atoms with E-state index < -0.39 is 0 Å². The van der Waals surface area contributed by atoms with Crippen LogP contribution in [0.4, 0.5) is 4.39 Å². The van der Waals surface area contributed by atoms with Gasteiger partial charge in [-0.05, 0) is 49.3 Å². The lowest BCUT2D eigenvalue weighted by molar-refractivity contribution is 0.395. The van der Waals surface area contributed by atoms with Gasteiger partial charge >= 0.3 is 0 Å². The molecule has 1 aromatic rings. The summed E-state index contributed by atoms with van der Waals surface area (Å²) in [5.74, 6) is 0.441. The Bertz CT molecular complexity index is 286. The van der Waals surface area contributed by atoms with Crippen molar-refractivity contribution in [2.75, 3.05) is 0 Å². The van der Waals surface area contributed by atoms with Crippen LogP contribution in [0.2, 0.25) is 0 Å². The third-order valence-corrected chi connectivity index (χ3v) is 3.11. The van der Waals surface area contributed by atoms with Crippen LogP contribution in [-0.4, -0.2) is 6.04 Å². The third kappa shape index (κ3) is 2.13. The molecule has 1 aliphatic rings. The molecule has 2 rings (SSSR count). The van der Waals surface area contributed by atoms with Crippen molar-refractivity contribution in [2.45, 2.75) is 37.6 Å². The van der Waals surface area contributed by atoms with E-state index in [2.05, 4.69) is 0 Å². The van der Waals surface area contributed by atoms with E-state index in [-0.39, 0.29) is 5.82 Å². The van der Waals surface area contributed by atoms with Crippen LogP contribution in [0.3, 0.4) is 0 Å². The molecule has 0 saturated heterocycles. The number of rotatable bonds is 1. The predicted octanol–water partition coefficient (Wildman–Crippen LogP) is 2.81. The summed E-state index contributed by atoms with van der Waals surface area (Å²) in [6, 6.07) is 7.27. The normalized spacial score (nSPS) is 27.6. The molecule has 0 radical (unpaired) electrons. The first-order valence-electron chi connectivity index (χ1n) is 5.27. The van der Waals surface area contributed by atoms with Crippen molar-refractivity contribution in [2.24, 2.45) is 5.73 Å². The predicted molar refractivity (Wildman–Crippen MR) is 55.6 cm³/mol. The van der Waals surface area contributed by atoms with Crippen molar-refractivity contribution < 1.29 is 4.39 Å². The summed E-state index contributed by atoms with van der Waals surface area (Å²) in [5.41, 5.74) is 7.10. The summed E-state index contributed by atoms with van der Waals surface area (Å²) in [6.07, 6.45) is 4.49. The lowest BCUT2D eigenvalue weighted by Crippen LogP contribution is -2.25. The standard InChI is InChI=1S/C12H16FN/c13-11-5-1-9(2-6-11)10-3-7-12(14)8-4-10/h1-2,5-6,10,12H,3-4,7-8,14H2. The average molecular weight is 193 g/mol. The minimum absolute atomic E-state index is 0.152. The molecule has 1 aromatic carbocycles. The van der Waals surface area contributed by atoms with E-state index in [4.69, 9.17) is 5.73 Å². The van der Waals surface area contributed by atoms with Gasteiger partial charge in [-0.3, -0.25) is 0 Å². The van der Waals surface area contributed by atoms with Gasteiger partial charge in [0.1, 0.15) is 5.82 Å². The molecular formula is C12H16FN. The molecule has 2 heteroatoms. The summed E-state index contributed by atoms with van der Waals surface area (Å²) >= 11 is 0. The topological polar surface area (TPSA) is 26.0 Å². The van der Waals surface area contributed by atoms with Crippen LogP contribution in [0.5, 0.6) is 0 Å². The number of hydrogen-bond acceptors (Lipinski definition) is 1. The van der Waals surface area contributed by atoms with Crippen LogP contribution in [0.25, 0.3) is 0 Å². The van der Waals surface area contributed by atoms with Gasteiger partial charge in [-0.1, -0.05) is 12.1 Å². The molecule has 1 saturated carbocycles. The molecule has 14 heavy (non-hydrogen) atoms. The second kappa shape index (κ2) is 4.09. The summed E-state index contributed by atoms with van der Waals surface area (Å²) in [4.78, 5) is 0. The number of benzene rings is 1. The molecule has 0 atom stereocenters. The van der Waals surface area contributed by atoms with Crippen LogP contribution < -0.4 is 5.73 Å². The lowest BCUT2D eigenvalue weighted by Gasteiger charge is -2.26. The van der Waals surface area contributed by atoms with E-state index in [1.807, 2.05) is 12.1 Å². The Morgan fingerprint density at radius 3 is 2.14 bits per heavy atom. The van der Waals surface area contributed by atoms with Gasteiger partial charge in [0.15, 0.2) is 0 Å². The fourth-order valence-corrected chi connectivity index (χ4v) is 2.19. The quantitative estimate of drug-likeness (QED) is 0.729. The Hall–Kier alpha value is -0.890. The maximum Gasteiger partial charge on any atom is 0.123 e. The Kier molecular flexibility index (Phi) is 2.82. The van der Waals surface area contributed by atoms with Crippen LogP contribution in [0, 0.1) is 5.82 Å². The van der Waals surface area contributed by atoms with E-state index in [0.29, 0.717) is 12.0 Å². The minimum Gasteiger partial charge on any atom is -0.328 e. The summed E-state index contributed by atoms with van der Waals surface area (Å²) in [7, 11) is 0. The smallest absolute Gasteiger partial charge is 0.123 e. The van der Waals surface area contributed by atoms with Gasteiger partial charge in [-0.15, -0.1) is 0 Å². The fraction of sp³-hybridized carbons (Fsp3) is 0.500. The Morgan fingerprint density at radius 2 is 1.57 bits per heavy atom. The highest BCUT2D eigenvalue weighted by molar-refractivity contribution is 5.20. The average Bonchev–Trinajstić information content (AvgIpc) is 2.21. The van der Waals surface area contributed by atoms with Crippen molar-refractivity contribution in [3.8, 4) is 0 Å². The zero-order chi connectivity index (χ0) is 9.97. The fourth-order valence-electron chi connectivity index (χ4n) is 2.19. The molecule has 0 unspecified atom stereocenters. The SMILES string of the molecule is NC1CCC(c2ccc(F)cc2)CC1. The van der Waals surface area contributed by atoms with Gasteiger partial charge in [0.25, 0.3) is 0 Å². The van der Waals surface area contributed by atoms with Gasteiger partial charge in [0.05, 0.1) is 0 Å². The maximum absolute atomic E-state index is 12.7. The molecule has 0 heterocycles. The zero-order valence-corrected chi connectivity index (χ0v) is 8.25. The molecule has 0 amide bonds. The minimum atomic E-state index is -0.152. The van der Waals surface area contributed by atoms with Crippen molar-refractivity contribution in [3.63, 3.8) is 0 Å². The van der Waals surface area contributed by atoms with Gasteiger partial charge in [0.2, 0.25) is 0 Å². The largest absolute Gasteiger partial charge is 0.328 e. The zero-order valence-electron chi connectivity index (χ0n) is 8.25. The Balaban J connectivity index is 2.05. The molecule has 2 N–H and O–H groups in total. The third-order valence-electron chi connectivity index (χ3n) is 3.11. The first-order valence-corrected chi connectivity index (χ1v) is 5.27. The molecule has 0 spiro atoms. The van der Waals surface area contributed by atoms with Crippen LogP contribution in [0.1, 0.15) is 37.2 Å². The number of halogens is 1. The first-order chi connectivity index (χ1) is 6.75. The highest BCUT2D eigenvalue weighted by Gasteiger charge is 2.19. The monoisotopic (exact) mass is 193 g/mol. The summed E-state index contributed by atoms with van der Waals surface area (Å²) in [6.45, 7) is 0. The highest BCUT2D eigenvalue weighted by atomic mass is 19.1. The molecule has 1 aliphatic carbocycles. The first kappa shape index (κ1) is 9.66. The molecular weight excluding hydrogens is 177 g/mol. The van der Waals surface area contributed by atoms with Crippen LogP contribution in [0.15, 0.2) is 24.3 Å². The second-order valence-electron chi connectivity index (χ2n) is 4.16. The number of nitrogens with two attached hydrogens (primary N) is 1. The van der Waals surface area contributed by atoms with Gasteiger partial charge in [-0.2, -0.15) is 0 Å². The molecule has 0 bridgehead atoms. The maximum atomic E-state index is 12.7. The van der Waals surface area contributed by atoms with Crippen molar-refractivity contribution >= 4 is 0 Å². The van der Waals surface area contributed by atoms with Crippen molar-refractivity contribution in [3.05, 3.63) is 35.6 Å². The second-order valence-corrected chi connectivity index (χ2v) is 4.16. The van der Waals surface area contributed by atoms with Gasteiger partial charge in [0, 0.05) is 6.04 Å². The van der Waals surface area contributed by atoms with E-state index in [1.54, 1.807) is 12.1 Å². The highest BCUT2D eigenvalue weighted by Crippen LogP contribution is 2.31. The van der Waals surface area contributed by atoms with E-state index in [0.717, 1.165) is 25.7 Å². The Labute approximate surface area is 84.1 Å². The van der Waals surface area contributed by atoms with E-state index in [9.17, 15) is 4.39 Å². The summed E-state index contributed by atoms with van der Waals surface area (Å²) in [5, 5.41) is 0. The van der Waals surface area contributed by atoms with Crippen LogP contribution >= 0.6 is 0 Å². The van der Waals surface area contributed by atoms with Crippen LogP contribution in [-0.2, 0) is 0 Å². The van der Waals surface area contributed by atoms with Gasteiger partial charge in [-0.25, -0.2) is 4.39 Å². The summed E-state index contributed by atoms with van der Waals surface area (Å²) < 4.78 is 12.7. The van der Waals surface area contributed by atoms with E-state index >= 15 is 0 Å². The van der Waals surface area contributed by atoms with E-state index in [1.165, 1.54) is 5.56 Å². The van der Waals surface area contributed by atoms with Gasteiger partial charge < -0.3 is 5.73 Å². The van der Waals surface area contributed by atoms with Crippen molar-refractivity contribution in [1.82, 2.24) is 0 Å².